The van der Waals surface area contributed by atoms with E-state index in [2.05, 4.69) is 31.0 Å². The van der Waals surface area contributed by atoms with E-state index in [-0.39, 0.29) is 11.6 Å². The molecule has 8 nitrogen and oxygen atoms in total. The van der Waals surface area contributed by atoms with Gasteiger partial charge >= 0.3 is 0 Å². The first-order chi connectivity index (χ1) is 9.29. The molecule has 0 saturated carbocycles. The minimum absolute atomic E-state index is 0.271. The molecule has 2 rings (SSSR count). The molecule has 19 heavy (non-hydrogen) atoms. The Hall–Kier alpha value is -2.51. The van der Waals surface area contributed by atoms with Crippen LogP contribution in [0.2, 0.25) is 0 Å². The Labute approximate surface area is 109 Å². The summed E-state index contributed by atoms with van der Waals surface area (Å²) in [5.74, 6) is 0.842. The third-order valence-electron chi connectivity index (χ3n) is 2.29. The number of hydrogen-bond acceptors (Lipinski definition) is 7. The van der Waals surface area contributed by atoms with E-state index in [1.165, 1.54) is 6.33 Å². The van der Waals surface area contributed by atoms with Crippen molar-refractivity contribution in [1.82, 2.24) is 25.7 Å². The van der Waals surface area contributed by atoms with Crippen molar-refractivity contribution in [3.05, 3.63) is 30.0 Å². The Morgan fingerprint density at radius 2 is 2.26 bits per heavy atom. The van der Waals surface area contributed by atoms with Crippen molar-refractivity contribution >= 4 is 11.7 Å². The lowest BCUT2D eigenvalue weighted by molar-refractivity contribution is 0.0947. The average molecular weight is 262 g/mol. The van der Waals surface area contributed by atoms with Crippen molar-refractivity contribution in [1.29, 1.82) is 0 Å². The molecule has 0 aliphatic carbocycles. The van der Waals surface area contributed by atoms with E-state index in [9.17, 15) is 4.79 Å². The number of anilines is 1. The molecule has 0 radical (unpaired) electrons. The average Bonchev–Trinajstić information content (AvgIpc) is 2.93. The molecule has 0 spiro atoms. The number of carbonyl (C=O) groups is 1. The molecule has 2 aromatic rings. The molecule has 1 amide bonds. The van der Waals surface area contributed by atoms with Gasteiger partial charge in [0.05, 0.1) is 0 Å². The fraction of sp³-hybridized carbons (Fsp3) is 0.364. The van der Waals surface area contributed by atoms with Gasteiger partial charge in [0.15, 0.2) is 12.0 Å². The number of rotatable bonds is 6. The van der Waals surface area contributed by atoms with Crippen LogP contribution in [0.25, 0.3) is 0 Å². The molecular formula is C11H14N6O2. The largest absolute Gasteiger partial charge is 0.369 e. The molecule has 0 saturated heterocycles. The first-order valence-corrected chi connectivity index (χ1v) is 5.91. The fourth-order valence-electron chi connectivity index (χ4n) is 1.41. The zero-order chi connectivity index (χ0) is 13.5. The number of carbonyl (C=O) groups excluding carboxylic acids is 1. The molecule has 0 aliphatic heterocycles. The summed E-state index contributed by atoms with van der Waals surface area (Å²) in [4.78, 5) is 15.6. The van der Waals surface area contributed by atoms with Gasteiger partial charge in [-0.25, -0.2) is 0 Å². The quantitative estimate of drug-likeness (QED) is 0.769. The van der Waals surface area contributed by atoms with Crippen molar-refractivity contribution in [2.45, 2.75) is 13.3 Å². The summed E-state index contributed by atoms with van der Waals surface area (Å²) in [6.07, 6.45) is 1.80. The summed E-state index contributed by atoms with van der Waals surface area (Å²) in [6, 6.07) is 3.33. The zero-order valence-corrected chi connectivity index (χ0v) is 10.5. The minimum Gasteiger partial charge on any atom is -0.369 e. The highest BCUT2D eigenvalue weighted by atomic mass is 16.5. The van der Waals surface area contributed by atoms with Gasteiger partial charge in [0.2, 0.25) is 5.89 Å². The van der Waals surface area contributed by atoms with Crippen molar-refractivity contribution in [3.8, 4) is 0 Å². The van der Waals surface area contributed by atoms with Crippen LogP contribution in [0.1, 0.15) is 23.3 Å². The molecule has 2 N–H and O–H groups in total. The Morgan fingerprint density at radius 1 is 1.37 bits per heavy atom. The molecule has 100 valence electrons. The Balaban J connectivity index is 1.82. The van der Waals surface area contributed by atoms with Crippen molar-refractivity contribution < 1.29 is 9.32 Å². The second-order valence-corrected chi connectivity index (χ2v) is 3.68. The Kier molecular flexibility index (Phi) is 4.38. The standard InChI is InChI=1S/C11H14N6O2/c1-2-12-9-4-3-8(16-17-9)11(18)13-6-5-10-14-7-15-19-10/h3-4,7H,2,5-6H2,1H3,(H,12,17)(H,13,18). The summed E-state index contributed by atoms with van der Waals surface area (Å²) in [5.41, 5.74) is 0.271. The second kappa shape index (κ2) is 6.43. The number of nitrogens with zero attached hydrogens (tertiary/aromatic N) is 4. The van der Waals surface area contributed by atoms with E-state index in [0.717, 1.165) is 6.54 Å². The van der Waals surface area contributed by atoms with Gasteiger partial charge < -0.3 is 15.2 Å². The molecular weight excluding hydrogens is 248 g/mol. The van der Waals surface area contributed by atoms with Gasteiger partial charge in [-0.05, 0) is 19.1 Å². The predicted octanol–water partition coefficient (Wildman–Crippen LogP) is 0.264. The lowest BCUT2D eigenvalue weighted by atomic mass is 10.3. The normalized spacial score (nSPS) is 10.2. The van der Waals surface area contributed by atoms with Gasteiger partial charge in [0, 0.05) is 19.5 Å². The SMILES string of the molecule is CCNc1ccc(C(=O)NCCc2ncno2)nn1. The Bertz CT molecular complexity index is 510. The van der Waals surface area contributed by atoms with Gasteiger partial charge in [-0.2, -0.15) is 4.98 Å². The molecule has 0 atom stereocenters. The third-order valence-corrected chi connectivity index (χ3v) is 2.29. The third kappa shape index (κ3) is 3.73. The van der Waals surface area contributed by atoms with Crippen molar-refractivity contribution in [2.75, 3.05) is 18.4 Å². The maximum atomic E-state index is 11.7. The molecule has 0 aromatic carbocycles. The van der Waals surface area contributed by atoms with E-state index in [1.54, 1.807) is 12.1 Å². The van der Waals surface area contributed by atoms with E-state index in [0.29, 0.717) is 24.7 Å². The smallest absolute Gasteiger partial charge is 0.271 e. The van der Waals surface area contributed by atoms with Gasteiger partial charge in [0.25, 0.3) is 5.91 Å². The molecule has 2 heterocycles. The first-order valence-electron chi connectivity index (χ1n) is 5.91. The summed E-state index contributed by atoms with van der Waals surface area (Å²) >= 11 is 0. The van der Waals surface area contributed by atoms with Gasteiger partial charge in [0.1, 0.15) is 5.82 Å². The van der Waals surface area contributed by atoms with Crippen LogP contribution in [0.3, 0.4) is 0 Å². The van der Waals surface area contributed by atoms with Gasteiger partial charge in [-0.3, -0.25) is 4.79 Å². The molecule has 0 unspecified atom stereocenters. The van der Waals surface area contributed by atoms with Crippen LogP contribution in [0.5, 0.6) is 0 Å². The number of aromatic nitrogens is 4. The van der Waals surface area contributed by atoms with Gasteiger partial charge in [-0.15, -0.1) is 10.2 Å². The highest BCUT2D eigenvalue weighted by molar-refractivity contribution is 5.92. The highest BCUT2D eigenvalue weighted by Crippen LogP contribution is 2.01. The van der Waals surface area contributed by atoms with E-state index in [4.69, 9.17) is 4.52 Å². The van der Waals surface area contributed by atoms with Crippen LogP contribution >= 0.6 is 0 Å². The highest BCUT2D eigenvalue weighted by Gasteiger charge is 2.08. The fourth-order valence-corrected chi connectivity index (χ4v) is 1.41. The van der Waals surface area contributed by atoms with Crippen molar-refractivity contribution in [3.63, 3.8) is 0 Å². The summed E-state index contributed by atoms with van der Waals surface area (Å²) in [6.45, 7) is 3.11. The number of amides is 1. The van der Waals surface area contributed by atoms with Crippen molar-refractivity contribution in [2.24, 2.45) is 0 Å². The summed E-state index contributed by atoms with van der Waals surface area (Å²) in [7, 11) is 0. The van der Waals surface area contributed by atoms with Crippen LogP contribution in [-0.2, 0) is 6.42 Å². The summed E-state index contributed by atoms with van der Waals surface area (Å²) < 4.78 is 4.81. The second-order valence-electron chi connectivity index (χ2n) is 3.68. The zero-order valence-electron chi connectivity index (χ0n) is 10.5. The van der Waals surface area contributed by atoms with E-state index in [1.807, 2.05) is 6.92 Å². The first kappa shape index (κ1) is 12.9. The Morgan fingerprint density at radius 3 is 2.89 bits per heavy atom. The van der Waals surface area contributed by atoms with Gasteiger partial charge in [-0.1, -0.05) is 5.16 Å². The van der Waals surface area contributed by atoms with Crippen LogP contribution in [0, 0.1) is 0 Å². The lowest BCUT2D eigenvalue weighted by Gasteiger charge is -2.04. The minimum atomic E-state index is -0.282. The number of hydrogen-bond donors (Lipinski definition) is 2. The maximum Gasteiger partial charge on any atom is 0.271 e. The molecule has 0 bridgehead atoms. The van der Waals surface area contributed by atoms with Crippen LogP contribution < -0.4 is 10.6 Å². The number of nitrogens with one attached hydrogen (secondary N) is 2. The van der Waals surface area contributed by atoms with Crippen LogP contribution in [0.15, 0.2) is 23.0 Å². The van der Waals surface area contributed by atoms with E-state index >= 15 is 0 Å². The van der Waals surface area contributed by atoms with Crippen LogP contribution in [0.4, 0.5) is 5.82 Å². The monoisotopic (exact) mass is 262 g/mol. The van der Waals surface area contributed by atoms with Crippen LogP contribution in [-0.4, -0.2) is 39.3 Å². The lowest BCUT2D eigenvalue weighted by Crippen LogP contribution is -2.26. The predicted molar refractivity (Wildman–Crippen MR) is 66.5 cm³/mol. The molecule has 0 aliphatic rings. The maximum absolute atomic E-state index is 11.7. The molecule has 2 aromatic heterocycles. The van der Waals surface area contributed by atoms with E-state index < -0.39 is 0 Å². The molecule has 8 heteroatoms. The topological polar surface area (TPSA) is 106 Å². The molecule has 0 fully saturated rings. The summed E-state index contributed by atoms with van der Waals surface area (Å²) in [5, 5.41) is 16.9.